The third-order valence-electron chi connectivity index (χ3n) is 4.49. The van der Waals surface area contributed by atoms with Crippen LogP contribution < -0.4 is 5.73 Å². The van der Waals surface area contributed by atoms with Gasteiger partial charge in [-0.15, -0.1) is 0 Å². The maximum atomic E-state index is 12.6. The van der Waals surface area contributed by atoms with Crippen LogP contribution in [0.15, 0.2) is 0 Å². The van der Waals surface area contributed by atoms with E-state index in [9.17, 15) is 4.79 Å². The van der Waals surface area contributed by atoms with Gasteiger partial charge in [0.05, 0.1) is 17.8 Å². The van der Waals surface area contributed by atoms with Crippen molar-refractivity contribution in [2.45, 2.75) is 84.7 Å². The molecule has 0 bridgehead atoms. The average molecular weight is 383 g/mol. The molecule has 8 heteroatoms. The molecule has 2 heterocycles. The second kappa shape index (κ2) is 6.88. The molecular weight excluding hydrogens is 348 g/mol. The predicted molar refractivity (Wildman–Crippen MR) is 106 cm³/mol. The van der Waals surface area contributed by atoms with E-state index in [-0.39, 0.29) is 6.09 Å². The molecule has 1 aromatic rings. The van der Waals surface area contributed by atoms with E-state index in [1.165, 1.54) is 0 Å². The Morgan fingerprint density at radius 1 is 1.31 bits per heavy atom. The first-order valence-electron chi connectivity index (χ1n) is 9.16. The van der Waals surface area contributed by atoms with Crippen molar-refractivity contribution in [1.82, 2.24) is 14.7 Å². The van der Waals surface area contributed by atoms with Crippen LogP contribution in [0.25, 0.3) is 0 Å². The highest BCUT2D eigenvalue weighted by molar-refractivity contribution is 6.76. The number of hydrogen-bond acceptors (Lipinski definition) is 5. The van der Waals surface area contributed by atoms with Crippen LogP contribution >= 0.6 is 0 Å². The minimum absolute atomic E-state index is 0.339. The van der Waals surface area contributed by atoms with Crippen molar-refractivity contribution in [1.29, 1.82) is 0 Å². The van der Waals surface area contributed by atoms with Gasteiger partial charge < -0.3 is 15.2 Å². The largest absolute Gasteiger partial charge is 0.444 e. The Balaban J connectivity index is 2.09. The lowest BCUT2D eigenvalue weighted by molar-refractivity contribution is 0.00398. The van der Waals surface area contributed by atoms with Gasteiger partial charge in [-0.1, -0.05) is 19.6 Å². The molecule has 1 aromatic heterocycles. The van der Waals surface area contributed by atoms with Crippen LogP contribution in [0.5, 0.6) is 0 Å². The highest BCUT2D eigenvalue weighted by Crippen LogP contribution is 2.41. The molecule has 2 rings (SSSR count). The van der Waals surface area contributed by atoms with Crippen molar-refractivity contribution in [3.63, 3.8) is 0 Å². The Morgan fingerprint density at radius 2 is 1.92 bits per heavy atom. The quantitative estimate of drug-likeness (QED) is 0.619. The van der Waals surface area contributed by atoms with Gasteiger partial charge >= 0.3 is 6.09 Å². The van der Waals surface area contributed by atoms with Crippen LogP contribution in [0.2, 0.25) is 25.7 Å². The number of ether oxygens (including phenoxy) is 2. The third kappa shape index (κ3) is 4.59. The summed E-state index contributed by atoms with van der Waals surface area (Å²) in [4.78, 5) is 14.2. The first-order valence-corrected chi connectivity index (χ1v) is 12.9. The van der Waals surface area contributed by atoms with E-state index in [0.717, 1.165) is 17.3 Å². The molecule has 2 N–H and O–H groups in total. The van der Waals surface area contributed by atoms with Gasteiger partial charge in [0, 0.05) is 20.2 Å². The predicted octanol–water partition coefficient (Wildman–Crippen LogP) is 3.76. The molecule has 26 heavy (non-hydrogen) atoms. The number of carbonyl (C=O) groups excluding carboxylic acids is 1. The summed E-state index contributed by atoms with van der Waals surface area (Å²) >= 11 is 0. The van der Waals surface area contributed by atoms with E-state index < -0.39 is 19.2 Å². The number of fused-ring (bicyclic) bond motifs is 1. The Labute approximate surface area is 157 Å². The minimum Gasteiger partial charge on any atom is -0.444 e. The normalized spacial score (nSPS) is 16.7. The summed E-state index contributed by atoms with van der Waals surface area (Å²) in [7, 11) is -1.12. The van der Waals surface area contributed by atoms with Gasteiger partial charge in [-0.3, -0.25) is 4.90 Å². The fourth-order valence-corrected chi connectivity index (χ4v) is 3.64. The monoisotopic (exact) mass is 382 g/mol. The van der Waals surface area contributed by atoms with Crippen molar-refractivity contribution in [2.24, 2.45) is 0 Å². The number of nitrogens with two attached hydrogens (primary N) is 1. The van der Waals surface area contributed by atoms with Gasteiger partial charge in [0.1, 0.15) is 18.1 Å². The summed E-state index contributed by atoms with van der Waals surface area (Å²) < 4.78 is 13.0. The average Bonchev–Trinajstić information content (AvgIpc) is 2.88. The lowest BCUT2D eigenvalue weighted by Gasteiger charge is -2.33. The minimum atomic E-state index is -1.12. The summed E-state index contributed by atoms with van der Waals surface area (Å²) in [6, 6.07) is 1.10. The van der Waals surface area contributed by atoms with E-state index in [2.05, 4.69) is 24.7 Å². The number of nitrogens with zero attached hydrogens (tertiary/aromatic N) is 3. The van der Waals surface area contributed by atoms with Gasteiger partial charge in [0.2, 0.25) is 0 Å². The molecule has 1 aliphatic rings. The second-order valence-corrected chi connectivity index (χ2v) is 15.3. The van der Waals surface area contributed by atoms with E-state index in [1.807, 2.05) is 34.6 Å². The highest BCUT2D eigenvalue weighted by atomic mass is 28.3. The molecule has 1 amide bonds. The lowest BCUT2D eigenvalue weighted by atomic mass is 10.0. The fourth-order valence-electron chi connectivity index (χ4n) is 2.88. The molecule has 0 atom stereocenters. The van der Waals surface area contributed by atoms with Crippen molar-refractivity contribution < 1.29 is 14.3 Å². The Hall–Kier alpha value is -1.54. The Bertz CT molecular complexity index is 671. The van der Waals surface area contributed by atoms with E-state index in [0.29, 0.717) is 25.7 Å². The SMILES string of the molecule is CC(C)(C)OC(=O)N1Cc2c(nn(COCC[Si](C)(C)C)c2N)C1(C)C. The molecule has 1 aliphatic heterocycles. The Kier molecular flexibility index (Phi) is 5.50. The van der Waals surface area contributed by atoms with Gasteiger partial charge in [0.15, 0.2) is 0 Å². The van der Waals surface area contributed by atoms with Crippen molar-refractivity contribution in [3.05, 3.63) is 11.3 Å². The summed E-state index contributed by atoms with van der Waals surface area (Å²) in [5.74, 6) is 0.562. The number of aromatic nitrogens is 2. The van der Waals surface area contributed by atoms with Crippen molar-refractivity contribution in [3.8, 4) is 0 Å². The fraction of sp³-hybridized carbons (Fsp3) is 0.778. The van der Waals surface area contributed by atoms with Crippen LogP contribution in [0.4, 0.5) is 10.6 Å². The Morgan fingerprint density at radius 3 is 2.42 bits per heavy atom. The van der Waals surface area contributed by atoms with Crippen LogP contribution in [0, 0.1) is 0 Å². The molecular formula is C18H34N4O3Si. The zero-order chi connectivity index (χ0) is 19.9. The number of rotatable bonds is 5. The molecule has 0 spiro atoms. The van der Waals surface area contributed by atoms with Crippen LogP contribution in [0.3, 0.4) is 0 Å². The summed E-state index contributed by atoms with van der Waals surface area (Å²) in [5, 5.41) is 4.63. The first-order chi connectivity index (χ1) is 11.7. The van der Waals surface area contributed by atoms with E-state index >= 15 is 0 Å². The number of anilines is 1. The zero-order valence-corrected chi connectivity index (χ0v) is 18.5. The molecule has 0 unspecified atom stereocenters. The van der Waals surface area contributed by atoms with Gasteiger partial charge in [-0.05, 0) is 40.7 Å². The smallest absolute Gasteiger partial charge is 0.411 e. The third-order valence-corrected chi connectivity index (χ3v) is 6.19. The molecule has 0 saturated heterocycles. The standard InChI is InChI=1S/C18H34N4O3Si/c1-17(2,3)25-16(23)21-11-13-14(18(21,4)5)20-22(15(13)19)12-24-9-10-26(6,7)8/h9-12,19H2,1-8H3. The maximum Gasteiger partial charge on any atom is 0.411 e. The first kappa shape index (κ1) is 20.8. The maximum absolute atomic E-state index is 12.6. The van der Waals surface area contributed by atoms with Crippen LogP contribution in [-0.2, 0) is 28.3 Å². The molecule has 0 aliphatic carbocycles. The number of amides is 1. The number of hydrogen-bond donors (Lipinski definition) is 1. The van der Waals surface area contributed by atoms with E-state index in [4.69, 9.17) is 15.2 Å². The molecule has 7 nitrogen and oxygen atoms in total. The molecule has 0 aromatic carbocycles. The van der Waals surface area contributed by atoms with Gasteiger partial charge in [-0.25, -0.2) is 9.48 Å². The lowest BCUT2D eigenvalue weighted by Crippen LogP contribution is -2.43. The molecule has 0 fully saturated rings. The summed E-state index contributed by atoms with van der Waals surface area (Å²) in [6.07, 6.45) is -0.349. The number of nitrogen functional groups attached to an aromatic ring is 1. The van der Waals surface area contributed by atoms with E-state index in [1.54, 1.807) is 9.58 Å². The van der Waals surface area contributed by atoms with Crippen LogP contribution in [0.1, 0.15) is 45.9 Å². The topological polar surface area (TPSA) is 82.6 Å². The zero-order valence-electron chi connectivity index (χ0n) is 17.5. The summed E-state index contributed by atoms with van der Waals surface area (Å²) in [6.45, 7) is 17.9. The molecule has 0 saturated carbocycles. The van der Waals surface area contributed by atoms with Crippen LogP contribution in [-0.4, -0.2) is 41.1 Å². The molecule has 0 radical (unpaired) electrons. The number of carbonyl (C=O) groups is 1. The van der Waals surface area contributed by atoms with Gasteiger partial charge in [-0.2, -0.15) is 5.10 Å². The second-order valence-electron chi connectivity index (χ2n) is 9.69. The van der Waals surface area contributed by atoms with Crippen molar-refractivity contribution >= 4 is 20.0 Å². The highest BCUT2D eigenvalue weighted by Gasteiger charge is 2.46. The molecule has 148 valence electrons. The van der Waals surface area contributed by atoms with Crippen molar-refractivity contribution in [2.75, 3.05) is 12.3 Å². The van der Waals surface area contributed by atoms with Gasteiger partial charge in [0.25, 0.3) is 0 Å². The summed E-state index contributed by atoms with van der Waals surface area (Å²) in [5.41, 5.74) is 6.87.